The van der Waals surface area contributed by atoms with Gasteiger partial charge in [-0.1, -0.05) is 33.6 Å². The Balaban J connectivity index is 2.41. The minimum absolute atomic E-state index is 0.687. The molecule has 0 spiro atoms. The summed E-state index contributed by atoms with van der Waals surface area (Å²) in [5.41, 5.74) is 0. The van der Waals surface area contributed by atoms with Gasteiger partial charge in [-0.3, -0.25) is 4.99 Å². The van der Waals surface area contributed by atoms with Crippen molar-refractivity contribution in [3.8, 4) is 0 Å². The number of aromatic nitrogens is 1. The van der Waals surface area contributed by atoms with E-state index in [-0.39, 0.29) is 0 Å². The third kappa shape index (κ3) is 6.93. The zero-order valence-electron chi connectivity index (χ0n) is 13.9. The van der Waals surface area contributed by atoms with E-state index in [1.165, 1.54) is 22.7 Å². The Kier molecular flexibility index (Phi) is 9.06. The van der Waals surface area contributed by atoms with Crippen LogP contribution in [0.2, 0.25) is 0 Å². The molecule has 0 amide bonds. The number of hydrogen-bond donors (Lipinski definition) is 2. The van der Waals surface area contributed by atoms with Gasteiger partial charge in [0.15, 0.2) is 5.96 Å². The molecule has 0 aliphatic rings. The topological polar surface area (TPSA) is 49.3 Å². The smallest absolute Gasteiger partial charge is 0.191 e. The van der Waals surface area contributed by atoms with Crippen LogP contribution in [0, 0.1) is 5.92 Å². The zero-order chi connectivity index (χ0) is 15.5. The molecular weight excluding hydrogens is 280 g/mol. The van der Waals surface area contributed by atoms with Gasteiger partial charge in [-0.25, -0.2) is 4.98 Å². The van der Waals surface area contributed by atoms with Crippen LogP contribution in [-0.4, -0.2) is 30.6 Å². The molecule has 21 heavy (non-hydrogen) atoms. The molecule has 0 fully saturated rings. The molecule has 1 rings (SSSR count). The molecule has 1 aromatic rings. The number of nitrogens with zero attached hydrogens (tertiary/aromatic N) is 2. The van der Waals surface area contributed by atoms with E-state index in [1.54, 1.807) is 0 Å². The second-order valence-electron chi connectivity index (χ2n) is 5.15. The summed E-state index contributed by atoms with van der Waals surface area (Å²) in [6.07, 6.45) is 6.41. The van der Waals surface area contributed by atoms with Gasteiger partial charge in [0.2, 0.25) is 0 Å². The van der Waals surface area contributed by atoms with E-state index < -0.39 is 0 Å². The fourth-order valence-electron chi connectivity index (χ4n) is 2.02. The van der Waals surface area contributed by atoms with Crippen molar-refractivity contribution in [1.82, 2.24) is 15.6 Å². The minimum Gasteiger partial charge on any atom is -0.357 e. The fourth-order valence-corrected chi connectivity index (χ4v) is 2.89. The highest BCUT2D eigenvalue weighted by Crippen LogP contribution is 2.13. The molecule has 0 bridgehead atoms. The van der Waals surface area contributed by atoms with Crippen LogP contribution in [0.1, 0.15) is 50.4 Å². The SMILES string of the molecule is CCNC(=NCC(CC)CC)NCCc1ncc(CC)s1. The van der Waals surface area contributed by atoms with E-state index in [9.17, 15) is 0 Å². The summed E-state index contributed by atoms with van der Waals surface area (Å²) in [5.74, 6) is 1.61. The maximum absolute atomic E-state index is 4.69. The normalized spacial score (nSPS) is 12.0. The number of aryl methyl sites for hydroxylation is 1. The Bertz CT molecular complexity index is 410. The average molecular weight is 311 g/mol. The number of hydrogen-bond acceptors (Lipinski definition) is 3. The quantitative estimate of drug-likeness (QED) is 0.544. The molecule has 0 radical (unpaired) electrons. The Morgan fingerprint density at radius 3 is 2.57 bits per heavy atom. The van der Waals surface area contributed by atoms with E-state index in [2.05, 4.69) is 48.3 Å². The molecule has 1 heterocycles. The Morgan fingerprint density at radius 2 is 2.00 bits per heavy atom. The van der Waals surface area contributed by atoms with Crippen LogP contribution in [0.4, 0.5) is 0 Å². The summed E-state index contributed by atoms with van der Waals surface area (Å²) in [7, 11) is 0. The highest BCUT2D eigenvalue weighted by molar-refractivity contribution is 7.11. The molecule has 0 aromatic carbocycles. The molecule has 0 aliphatic carbocycles. The first-order chi connectivity index (χ1) is 10.2. The van der Waals surface area contributed by atoms with Crippen LogP contribution in [0.15, 0.2) is 11.2 Å². The third-order valence-corrected chi connectivity index (χ3v) is 4.79. The van der Waals surface area contributed by atoms with E-state index >= 15 is 0 Å². The van der Waals surface area contributed by atoms with Gasteiger partial charge in [0.05, 0.1) is 5.01 Å². The van der Waals surface area contributed by atoms with Gasteiger partial charge < -0.3 is 10.6 Å². The van der Waals surface area contributed by atoms with Gasteiger partial charge in [-0.05, 0) is 19.3 Å². The summed E-state index contributed by atoms with van der Waals surface area (Å²) in [6.45, 7) is 11.4. The number of thiazole rings is 1. The number of guanidine groups is 1. The lowest BCUT2D eigenvalue weighted by molar-refractivity contribution is 0.504. The van der Waals surface area contributed by atoms with Crippen LogP contribution in [-0.2, 0) is 12.8 Å². The highest BCUT2D eigenvalue weighted by atomic mass is 32.1. The highest BCUT2D eigenvalue weighted by Gasteiger charge is 2.04. The lowest BCUT2D eigenvalue weighted by Crippen LogP contribution is -2.38. The molecule has 0 saturated carbocycles. The van der Waals surface area contributed by atoms with Gasteiger partial charge in [-0.2, -0.15) is 0 Å². The molecule has 5 heteroatoms. The van der Waals surface area contributed by atoms with Crippen LogP contribution in [0.5, 0.6) is 0 Å². The lowest BCUT2D eigenvalue weighted by Gasteiger charge is -2.13. The second kappa shape index (κ2) is 10.6. The van der Waals surface area contributed by atoms with Gasteiger partial charge >= 0.3 is 0 Å². The first kappa shape index (κ1) is 18.0. The van der Waals surface area contributed by atoms with Gasteiger partial charge in [0.25, 0.3) is 0 Å². The van der Waals surface area contributed by atoms with Gasteiger partial charge in [0.1, 0.15) is 0 Å². The Morgan fingerprint density at radius 1 is 1.24 bits per heavy atom. The summed E-state index contributed by atoms with van der Waals surface area (Å²) in [6, 6.07) is 0. The van der Waals surface area contributed by atoms with E-state index in [0.29, 0.717) is 5.92 Å². The first-order valence-corrected chi connectivity index (χ1v) is 9.00. The first-order valence-electron chi connectivity index (χ1n) is 8.19. The molecule has 120 valence electrons. The molecule has 0 unspecified atom stereocenters. The standard InChI is InChI=1S/C16H30N4S/c1-5-13(6-2)11-20-16(17-8-4)18-10-9-15-19-12-14(7-3)21-15/h12-13H,5-11H2,1-4H3,(H2,17,18,20). The summed E-state index contributed by atoms with van der Waals surface area (Å²) in [5, 5.41) is 7.92. The molecule has 1 aromatic heterocycles. The largest absolute Gasteiger partial charge is 0.357 e. The fraction of sp³-hybridized carbons (Fsp3) is 0.750. The molecular formula is C16H30N4S. The molecule has 4 nitrogen and oxygen atoms in total. The van der Waals surface area contributed by atoms with Crippen molar-refractivity contribution in [3.63, 3.8) is 0 Å². The van der Waals surface area contributed by atoms with Gasteiger partial charge in [-0.15, -0.1) is 11.3 Å². The Labute approximate surface area is 133 Å². The van der Waals surface area contributed by atoms with Crippen LogP contribution in [0.25, 0.3) is 0 Å². The maximum atomic E-state index is 4.69. The van der Waals surface area contributed by atoms with Crippen LogP contribution in [0.3, 0.4) is 0 Å². The van der Waals surface area contributed by atoms with E-state index in [1.807, 2.05) is 17.5 Å². The molecule has 0 saturated heterocycles. The van der Waals surface area contributed by atoms with Crippen molar-refractivity contribution in [1.29, 1.82) is 0 Å². The predicted octanol–water partition coefficient (Wildman–Crippen LogP) is 3.24. The number of aliphatic imine (C=N–C) groups is 1. The van der Waals surface area contributed by atoms with Crippen molar-refractivity contribution in [2.75, 3.05) is 19.6 Å². The van der Waals surface area contributed by atoms with Crippen molar-refractivity contribution in [2.24, 2.45) is 10.9 Å². The monoisotopic (exact) mass is 310 g/mol. The van der Waals surface area contributed by atoms with Crippen molar-refractivity contribution in [2.45, 2.75) is 53.4 Å². The van der Waals surface area contributed by atoms with E-state index in [4.69, 9.17) is 0 Å². The molecule has 0 atom stereocenters. The van der Waals surface area contributed by atoms with Crippen molar-refractivity contribution >= 4 is 17.3 Å². The van der Waals surface area contributed by atoms with Crippen LogP contribution < -0.4 is 10.6 Å². The number of nitrogens with one attached hydrogen (secondary N) is 2. The summed E-state index contributed by atoms with van der Waals surface area (Å²) >= 11 is 1.81. The van der Waals surface area contributed by atoms with E-state index in [0.717, 1.165) is 38.4 Å². The second-order valence-corrected chi connectivity index (χ2v) is 6.35. The minimum atomic E-state index is 0.687. The zero-order valence-corrected chi connectivity index (χ0v) is 14.7. The van der Waals surface area contributed by atoms with Crippen LogP contribution >= 0.6 is 11.3 Å². The maximum Gasteiger partial charge on any atom is 0.191 e. The summed E-state index contributed by atoms with van der Waals surface area (Å²) in [4.78, 5) is 10.5. The Hall–Kier alpha value is -1.10. The lowest BCUT2D eigenvalue weighted by atomic mass is 10.0. The average Bonchev–Trinajstić information content (AvgIpc) is 2.96. The van der Waals surface area contributed by atoms with Gasteiger partial charge in [0, 0.05) is 37.1 Å². The molecule has 0 aliphatic heterocycles. The number of rotatable bonds is 9. The summed E-state index contributed by atoms with van der Waals surface area (Å²) < 4.78 is 0. The third-order valence-electron chi connectivity index (χ3n) is 3.59. The molecule has 2 N–H and O–H groups in total. The van der Waals surface area contributed by atoms with Crippen molar-refractivity contribution < 1.29 is 0 Å². The van der Waals surface area contributed by atoms with Crippen molar-refractivity contribution in [3.05, 3.63) is 16.1 Å². The predicted molar refractivity (Wildman–Crippen MR) is 93.2 cm³/mol.